The van der Waals surface area contributed by atoms with Crippen molar-refractivity contribution in [1.29, 1.82) is 0 Å². The monoisotopic (exact) mass is 562 g/mol. The van der Waals surface area contributed by atoms with Crippen molar-refractivity contribution < 1.29 is 9.53 Å². The number of nitrogens with zero attached hydrogens (tertiary/aromatic N) is 1. The van der Waals surface area contributed by atoms with E-state index in [1.54, 1.807) is 18.3 Å². The number of nitrogens with one attached hydrogen (secondary N) is 1. The van der Waals surface area contributed by atoms with E-state index in [9.17, 15) is 4.79 Å². The molecule has 0 unspecified atom stereocenters. The Hall–Kier alpha value is -2.15. The fourth-order valence-corrected chi connectivity index (χ4v) is 4.35. The lowest BCUT2D eigenvalue weighted by Gasteiger charge is -2.12. The SMILES string of the molecule is CCc1ccc(N=Cc2cc(Br)cc(Br)c2OCC(=O)Nc2ccc(C)c(Cl)c2)cc1. The van der Waals surface area contributed by atoms with Crippen LogP contribution in [0.3, 0.4) is 0 Å². The number of halogens is 3. The van der Waals surface area contributed by atoms with Gasteiger partial charge in [0.05, 0.1) is 10.2 Å². The van der Waals surface area contributed by atoms with Gasteiger partial charge in [0.15, 0.2) is 6.61 Å². The Morgan fingerprint density at radius 2 is 1.87 bits per heavy atom. The number of anilines is 1. The van der Waals surface area contributed by atoms with E-state index in [0.29, 0.717) is 16.5 Å². The van der Waals surface area contributed by atoms with E-state index in [2.05, 4.69) is 61.2 Å². The maximum absolute atomic E-state index is 12.4. The average molecular weight is 565 g/mol. The third-order valence-electron chi connectivity index (χ3n) is 4.54. The summed E-state index contributed by atoms with van der Waals surface area (Å²) < 4.78 is 7.42. The van der Waals surface area contributed by atoms with E-state index < -0.39 is 0 Å². The molecule has 0 aromatic heterocycles. The molecule has 0 fully saturated rings. The summed E-state index contributed by atoms with van der Waals surface area (Å²) in [6.07, 6.45) is 2.71. The van der Waals surface area contributed by atoms with Crippen LogP contribution in [0.15, 0.2) is 68.5 Å². The molecule has 7 heteroatoms. The van der Waals surface area contributed by atoms with Gasteiger partial charge in [0.25, 0.3) is 5.91 Å². The first kappa shape index (κ1) is 23.5. The zero-order valence-corrected chi connectivity index (χ0v) is 21.0. The molecule has 0 saturated carbocycles. The molecule has 4 nitrogen and oxygen atoms in total. The van der Waals surface area contributed by atoms with Gasteiger partial charge in [-0.25, -0.2) is 0 Å². The van der Waals surface area contributed by atoms with Crippen molar-refractivity contribution in [3.63, 3.8) is 0 Å². The molecule has 0 radical (unpaired) electrons. The Morgan fingerprint density at radius 1 is 1.13 bits per heavy atom. The van der Waals surface area contributed by atoms with Crippen LogP contribution >= 0.6 is 43.5 Å². The maximum atomic E-state index is 12.4. The number of aryl methyl sites for hydroxylation is 2. The summed E-state index contributed by atoms with van der Waals surface area (Å²) in [5.41, 5.74) is 4.41. The van der Waals surface area contributed by atoms with E-state index >= 15 is 0 Å². The highest BCUT2D eigenvalue weighted by Crippen LogP contribution is 2.32. The fraction of sp³-hybridized carbons (Fsp3) is 0.167. The largest absolute Gasteiger partial charge is 0.482 e. The first-order valence-electron chi connectivity index (χ1n) is 9.66. The molecule has 0 atom stereocenters. The lowest BCUT2D eigenvalue weighted by atomic mass is 10.1. The Balaban J connectivity index is 1.73. The molecule has 0 aliphatic rings. The van der Waals surface area contributed by atoms with E-state index in [-0.39, 0.29) is 12.5 Å². The normalized spacial score (nSPS) is 11.0. The number of aliphatic imine (C=N–C) groups is 1. The number of ether oxygens (including phenoxy) is 1. The van der Waals surface area contributed by atoms with Gasteiger partial charge in [-0.15, -0.1) is 0 Å². The molecule has 0 heterocycles. The lowest BCUT2D eigenvalue weighted by molar-refractivity contribution is -0.118. The van der Waals surface area contributed by atoms with Crippen LogP contribution < -0.4 is 10.1 Å². The van der Waals surface area contributed by atoms with Gasteiger partial charge in [-0.1, -0.05) is 52.7 Å². The molecular formula is C24H21Br2ClN2O2. The number of carbonyl (C=O) groups is 1. The molecule has 3 aromatic carbocycles. The molecule has 3 rings (SSSR count). The molecular weight excluding hydrogens is 544 g/mol. The van der Waals surface area contributed by atoms with Crippen LogP contribution in [0.25, 0.3) is 0 Å². The standard InChI is InChI=1S/C24H21Br2ClN2O2/c1-3-16-5-8-19(9-6-16)28-13-17-10-18(25)11-21(26)24(17)31-14-23(30)29-20-7-4-15(2)22(27)12-20/h4-13H,3,14H2,1-2H3,(H,29,30). The molecule has 0 spiro atoms. The van der Waals surface area contributed by atoms with Gasteiger partial charge in [-0.05, 0) is 76.8 Å². The fourth-order valence-electron chi connectivity index (χ4n) is 2.80. The third kappa shape index (κ3) is 6.66. The third-order valence-corrected chi connectivity index (χ3v) is 5.99. The van der Waals surface area contributed by atoms with Gasteiger partial charge in [0, 0.05) is 27.0 Å². The molecule has 0 saturated heterocycles. The number of rotatable bonds is 7. The Kier molecular flexibility index (Phi) is 8.29. The molecule has 0 aliphatic carbocycles. The summed E-state index contributed by atoms with van der Waals surface area (Å²) >= 11 is 13.1. The van der Waals surface area contributed by atoms with Crippen LogP contribution in [-0.4, -0.2) is 18.7 Å². The number of benzene rings is 3. The van der Waals surface area contributed by atoms with E-state index in [4.69, 9.17) is 16.3 Å². The number of hydrogen-bond acceptors (Lipinski definition) is 3. The van der Waals surface area contributed by atoms with Crippen LogP contribution in [0.1, 0.15) is 23.6 Å². The van der Waals surface area contributed by atoms with Crippen molar-refractivity contribution >= 4 is 67.0 Å². The van der Waals surface area contributed by atoms with Crippen LogP contribution in [0.5, 0.6) is 5.75 Å². The lowest BCUT2D eigenvalue weighted by Crippen LogP contribution is -2.20. The van der Waals surface area contributed by atoms with Crippen LogP contribution in [0.4, 0.5) is 11.4 Å². The van der Waals surface area contributed by atoms with Gasteiger partial charge in [-0.2, -0.15) is 0 Å². The predicted octanol–water partition coefficient (Wildman–Crippen LogP) is 7.50. The molecule has 31 heavy (non-hydrogen) atoms. The Morgan fingerprint density at radius 3 is 2.55 bits per heavy atom. The van der Waals surface area contributed by atoms with Gasteiger partial charge in [0.2, 0.25) is 0 Å². The second kappa shape index (κ2) is 10.9. The predicted molar refractivity (Wildman–Crippen MR) is 135 cm³/mol. The minimum Gasteiger partial charge on any atom is -0.482 e. The van der Waals surface area contributed by atoms with Gasteiger partial charge >= 0.3 is 0 Å². The van der Waals surface area contributed by atoms with E-state index in [1.165, 1.54) is 5.56 Å². The highest BCUT2D eigenvalue weighted by Gasteiger charge is 2.12. The number of amides is 1. The van der Waals surface area contributed by atoms with Crippen molar-refractivity contribution in [2.75, 3.05) is 11.9 Å². The van der Waals surface area contributed by atoms with Crippen LogP contribution in [0.2, 0.25) is 5.02 Å². The smallest absolute Gasteiger partial charge is 0.262 e. The van der Waals surface area contributed by atoms with Crippen LogP contribution in [0, 0.1) is 6.92 Å². The maximum Gasteiger partial charge on any atom is 0.262 e. The first-order chi connectivity index (χ1) is 14.9. The second-order valence-electron chi connectivity index (χ2n) is 6.88. The zero-order valence-electron chi connectivity index (χ0n) is 17.1. The molecule has 1 N–H and O–H groups in total. The molecule has 160 valence electrons. The number of hydrogen-bond donors (Lipinski definition) is 1. The zero-order chi connectivity index (χ0) is 22.4. The summed E-state index contributed by atoms with van der Waals surface area (Å²) in [6, 6.07) is 17.2. The molecule has 1 amide bonds. The summed E-state index contributed by atoms with van der Waals surface area (Å²) in [5.74, 6) is 0.252. The minimum atomic E-state index is -0.284. The van der Waals surface area contributed by atoms with Crippen molar-refractivity contribution in [3.05, 3.63) is 85.3 Å². The Bertz CT molecular complexity index is 1120. The van der Waals surface area contributed by atoms with Crippen LogP contribution in [-0.2, 0) is 11.2 Å². The van der Waals surface area contributed by atoms with Gasteiger partial charge in [0.1, 0.15) is 5.75 Å². The summed E-state index contributed by atoms with van der Waals surface area (Å²) in [5, 5.41) is 3.39. The van der Waals surface area contributed by atoms with E-state index in [1.807, 2.05) is 37.3 Å². The van der Waals surface area contributed by atoms with Crippen molar-refractivity contribution in [2.24, 2.45) is 4.99 Å². The number of carbonyl (C=O) groups excluding carboxylic acids is 1. The summed E-state index contributed by atoms with van der Waals surface area (Å²) in [4.78, 5) is 16.9. The Labute approximate surface area is 203 Å². The topological polar surface area (TPSA) is 50.7 Å². The first-order valence-corrected chi connectivity index (χ1v) is 11.6. The molecule has 0 bridgehead atoms. The van der Waals surface area contributed by atoms with Crippen molar-refractivity contribution in [2.45, 2.75) is 20.3 Å². The average Bonchev–Trinajstić information content (AvgIpc) is 2.74. The van der Waals surface area contributed by atoms with Crippen molar-refractivity contribution in [3.8, 4) is 5.75 Å². The molecule has 0 aliphatic heterocycles. The summed E-state index contributed by atoms with van der Waals surface area (Å²) in [7, 11) is 0. The van der Waals surface area contributed by atoms with Gasteiger partial charge < -0.3 is 10.1 Å². The van der Waals surface area contributed by atoms with E-state index in [0.717, 1.165) is 32.2 Å². The van der Waals surface area contributed by atoms with Crippen molar-refractivity contribution in [1.82, 2.24) is 0 Å². The minimum absolute atomic E-state index is 0.155. The highest BCUT2D eigenvalue weighted by molar-refractivity contribution is 9.11. The highest BCUT2D eigenvalue weighted by atomic mass is 79.9. The molecule has 3 aromatic rings. The quantitative estimate of drug-likeness (QED) is 0.302. The second-order valence-corrected chi connectivity index (χ2v) is 9.06. The summed E-state index contributed by atoms with van der Waals surface area (Å²) in [6.45, 7) is 3.87. The van der Waals surface area contributed by atoms with Gasteiger partial charge in [-0.3, -0.25) is 9.79 Å².